The van der Waals surface area contributed by atoms with E-state index in [4.69, 9.17) is 10.5 Å². The second kappa shape index (κ2) is 6.61. The predicted octanol–water partition coefficient (Wildman–Crippen LogP) is 2.29. The van der Waals surface area contributed by atoms with E-state index in [1.807, 2.05) is 36.1 Å². The van der Waals surface area contributed by atoms with Crippen LogP contribution in [0.15, 0.2) is 24.3 Å². The molecule has 1 saturated heterocycles. The number of piperidine rings is 1. The third-order valence-electron chi connectivity index (χ3n) is 3.91. The van der Waals surface area contributed by atoms with Gasteiger partial charge in [0.2, 0.25) is 0 Å². The third-order valence-corrected chi connectivity index (χ3v) is 3.91. The Hall–Kier alpha value is -1.75. The van der Waals surface area contributed by atoms with Crippen molar-refractivity contribution < 1.29 is 9.53 Å². The van der Waals surface area contributed by atoms with Gasteiger partial charge in [-0.3, -0.25) is 0 Å². The lowest BCUT2D eigenvalue weighted by Gasteiger charge is -2.33. The Bertz CT molecular complexity index is 437. The van der Waals surface area contributed by atoms with Gasteiger partial charge in [-0.1, -0.05) is 0 Å². The number of ether oxygens (including phenoxy) is 1. The molecule has 5 nitrogen and oxygen atoms in total. The quantitative estimate of drug-likeness (QED) is 0.890. The average Bonchev–Trinajstić information content (AvgIpc) is 2.48. The lowest BCUT2D eigenvalue weighted by Crippen LogP contribution is -2.44. The fourth-order valence-electron chi connectivity index (χ4n) is 2.51. The van der Waals surface area contributed by atoms with Crippen LogP contribution >= 0.6 is 0 Å². The lowest BCUT2D eigenvalue weighted by molar-refractivity contribution is 0.176. The first kappa shape index (κ1) is 14.7. The van der Waals surface area contributed by atoms with Crippen LogP contribution in [0, 0.1) is 5.92 Å². The van der Waals surface area contributed by atoms with Crippen molar-refractivity contribution in [3.05, 3.63) is 24.3 Å². The van der Waals surface area contributed by atoms with Gasteiger partial charge in [0, 0.05) is 24.8 Å². The molecule has 1 unspecified atom stereocenters. The van der Waals surface area contributed by atoms with E-state index in [1.165, 1.54) is 0 Å². The number of rotatable bonds is 3. The maximum absolute atomic E-state index is 12.2. The van der Waals surface area contributed by atoms with Crippen molar-refractivity contribution in [1.29, 1.82) is 0 Å². The monoisotopic (exact) mass is 277 g/mol. The maximum atomic E-state index is 12.2. The summed E-state index contributed by atoms with van der Waals surface area (Å²) in [5.41, 5.74) is 6.69. The molecule has 0 spiro atoms. The Morgan fingerprint density at radius 2 is 1.95 bits per heavy atom. The molecule has 5 heteroatoms. The molecule has 3 N–H and O–H groups in total. The summed E-state index contributed by atoms with van der Waals surface area (Å²) in [5, 5.41) is 2.91. The van der Waals surface area contributed by atoms with Crippen molar-refractivity contribution in [3.63, 3.8) is 0 Å². The average molecular weight is 277 g/mol. The first-order valence-corrected chi connectivity index (χ1v) is 7.05. The minimum Gasteiger partial charge on any atom is -0.497 e. The molecule has 0 aromatic heterocycles. The number of carbonyl (C=O) groups excluding carboxylic acids is 1. The molecule has 110 valence electrons. The van der Waals surface area contributed by atoms with Gasteiger partial charge in [0.05, 0.1) is 7.11 Å². The van der Waals surface area contributed by atoms with Crippen LogP contribution in [0.25, 0.3) is 0 Å². The number of methoxy groups -OCH3 is 1. The van der Waals surface area contributed by atoms with Gasteiger partial charge in [-0.2, -0.15) is 0 Å². The van der Waals surface area contributed by atoms with E-state index >= 15 is 0 Å². The summed E-state index contributed by atoms with van der Waals surface area (Å²) in [6.07, 6.45) is 1.96. The number of carbonyl (C=O) groups is 1. The van der Waals surface area contributed by atoms with Crippen LogP contribution in [0.1, 0.15) is 19.8 Å². The highest BCUT2D eigenvalue weighted by Crippen LogP contribution is 2.21. The number of nitrogens with one attached hydrogen (secondary N) is 1. The van der Waals surface area contributed by atoms with Gasteiger partial charge in [-0.05, 0) is 49.9 Å². The molecule has 1 aromatic rings. The zero-order valence-corrected chi connectivity index (χ0v) is 12.1. The largest absolute Gasteiger partial charge is 0.497 e. The fourth-order valence-corrected chi connectivity index (χ4v) is 2.51. The van der Waals surface area contributed by atoms with E-state index in [0.717, 1.165) is 37.4 Å². The summed E-state index contributed by atoms with van der Waals surface area (Å²) in [4.78, 5) is 14.0. The van der Waals surface area contributed by atoms with Crippen LogP contribution in [-0.2, 0) is 0 Å². The number of nitrogens with zero attached hydrogens (tertiary/aromatic N) is 1. The molecule has 1 heterocycles. The highest BCUT2D eigenvalue weighted by molar-refractivity contribution is 5.89. The molecular formula is C15H23N3O2. The zero-order valence-electron chi connectivity index (χ0n) is 12.1. The van der Waals surface area contributed by atoms with Gasteiger partial charge in [0.15, 0.2) is 0 Å². The number of hydrogen-bond acceptors (Lipinski definition) is 3. The molecular weight excluding hydrogens is 254 g/mol. The highest BCUT2D eigenvalue weighted by Gasteiger charge is 2.24. The van der Waals surface area contributed by atoms with Gasteiger partial charge in [0.25, 0.3) is 0 Å². The lowest BCUT2D eigenvalue weighted by atomic mass is 9.91. The summed E-state index contributed by atoms with van der Waals surface area (Å²) < 4.78 is 5.09. The summed E-state index contributed by atoms with van der Waals surface area (Å²) in [5.74, 6) is 1.31. The van der Waals surface area contributed by atoms with Crippen LogP contribution in [0.4, 0.5) is 10.5 Å². The van der Waals surface area contributed by atoms with Crippen LogP contribution in [0.3, 0.4) is 0 Å². The Balaban J connectivity index is 1.86. The standard InChI is InChI=1S/C15H23N3O2/c1-11(16)12-7-9-18(10-8-12)15(19)17-13-3-5-14(20-2)6-4-13/h3-6,11-12H,7-10,16H2,1-2H3,(H,17,19). The van der Waals surface area contributed by atoms with Crippen LogP contribution in [0.5, 0.6) is 5.75 Å². The normalized spacial score (nSPS) is 17.6. The second-order valence-corrected chi connectivity index (χ2v) is 5.34. The van der Waals surface area contributed by atoms with Crippen molar-refractivity contribution in [1.82, 2.24) is 4.90 Å². The Morgan fingerprint density at radius 3 is 2.45 bits per heavy atom. The number of anilines is 1. The number of nitrogens with two attached hydrogens (primary N) is 1. The third kappa shape index (κ3) is 3.63. The summed E-state index contributed by atoms with van der Waals surface area (Å²) >= 11 is 0. The van der Waals surface area contributed by atoms with Gasteiger partial charge in [-0.25, -0.2) is 4.79 Å². The summed E-state index contributed by atoms with van der Waals surface area (Å²) in [6.45, 7) is 3.58. The molecule has 0 saturated carbocycles. The van der Waals surface area contributed by atoms with Crippen molar-refractivity contribution in [2.75, 3.05) is 25.5 Å². The molecule has 1 atom stereocenters. The molecule has 2 amide bonds. The Kier molecular flexibility index (Phi) is 4.84. The molecule has 0 aliphatic carbocycles. The fraction of sp³-hybridized carbons (Fsp3) is 0.533. The molecule has 1 aromatic carbocycles. The number of amides is 2. The first-order chi connectivity index (χ1) is 9.60. The summed E-state index contributed by atoms with van der Waals surface area (Å²) in [7, 11) is 1.62. The van der Waals surface area contributed by atoms with E-state index in [9.17, 15) is 4.79 Å². The van der Waals surface area contributed by atoms with E-state index < -0.39 is 0 Å². The van der Waals surface area contributed by atoms with Crippen LogP contribution in [-0.4, -0.2) is 37.2 Å². The van der Waals surface area contributed by atoms with Gasteiger partial charge < -0.3 is 20.7 Å². The summed E-state index contributed by atoms with van der Waals surface area (Å²) in [6, 6.07) is 7.51. The maximum Gasteiger partial charge on any atom is 0.321 e. The Labute approximate surface area is 120 Å². The number of benzene rings is 1. The van der Waals surface area contributed by atoms with E-state index in [2.05, 4.69) is 5.32 Å². The molecule has 20 heavy (non-hydrogen) atoms. The van der Waals surface area contributed by atoms with Gasteiger partial charge in [0.1, 0.15) is 5.75 Å². The van der Waals surface area contributed by atoms with Crippen molar-refractivity contribution in [2.24, 2.45) is 11.7 Å². The van der Waals surface area contributed by atoms with Crippen LogP contribution < -0.4 is 15.8 Å². The molecule has 1 aliphatic heterocycles. The molecule has 1 fully saturated rings. The minimum atomic E-state index is -0.0432. The van der Waals surface area contributed by atoms with Crippen molar-refractivity contribution in [2.45, 2.75) is 25.8 Å². The van der Waals surface area contributed by atoms with E-state index in [-0.39, 0.29) is 12.1 Å². The first-order valence-electron chi connectivity index (χ1n) is 7.05. The number of likely N-dealkylation sites (tertiary alicyclic amines) is 1. The van der Waals surface area contributed by atoms with E-state index in [0.29, 0.717) is 5.92 Å². The molecule has 0 radical (unpaired) electrons. The van der Waals surface area contributed by atoms with Crippen molar-refractivity contribution in [3.8, 4) is 5.75 Å². The molecule has 1 aliphatic rings. The van der Waals surface area contributed by atoms with Gasteiger partial charge in [-0.15, -0.1) is 0 Å². The molecule has 0 bridgehead atoms. The predicted molar refractivity (Wildman–Crippen MR) is 80.0 cm³/mol. The minimum absolute atomic E-state index is 0.0432. The van der Waals surface area contributed by atoms with Gasteiger partial charge >= 0.3 is 6.03 Å². The number of hydrogen-bond donors (Lipinski definition) is 2. The topological polar surface area (TPSA) is 67.6 Å². The van der Waals surface area contributed by atoms with Crippen LogP contribution in [0.2, 0.25) is 0 Å². The van der Waals surface area contributed by atoms with Crippen molar-refractivity contribution >= 4 is 11.7 Å². The number of urea groups is 1. The Morgan fingerprint density at radius 1 is 1.35 bits per heavy atom. The molecule has 2 rings (SSSR count). The zero-order chi connectivity index (χ0) is 14.5. The highest BCUT2D eigenvalue weighted by atomic mass is 16.5. The smallest absolute Gasteiger partial charge is 0.321 e. The SMILES string of the molecule is COc1ccc(NC(=O)N2CCC(C(C)N)CC2)cc1. The second-order valence-electron chi connectivity index (χ2n) is 5.34. The van der Waals surface area contributed by atoms with E-state index in [1.54, 1.807) is 7.11 Å².